The predicted molar refractivity (Wildman–Crippen MR) is 55.9 cm³/mol. The zero-order chi connectivity index (χ0) is 11.0. The summed E-state index contributed by atoms with van der Waals surface area (Å²) in [5.41, 5.74) is 0. The van der Waals surface area contributed by atoms with Crippen LogP contribution in [-0.2, 0) is 14.6 Å². The smallest absolute Gasteiger partial charge is 0.159 e. The zero-order valence-electron chi connectivity index (χ0n) is 9.04. The molecule has 0 atom stereocenters. The number of sulfone groups is 1. The van der Waals surface area contributed by atoms with Crippen LogP contribution in [0.5, 0.6) is 0 Å². The van der Waals surface area contributed by atoms with E-state index in [2.05, 4.69) is 0 Å². The van der Waals surface area contributed by atoms with Gasteiger partial charge in [0.05, 0.1) is 0 Å². The van der Waals surface area contributed by atoms with Crippen molar-refractivity contribution >= 4 is 15.6 Å². The number of carbonyl (C=O) groups excluding carboxylic acids is 1. The summed E-state index contributed by atoms with van der Waals surface area (Å²) in [6.45, 7) is 3.01. The summed E-state index contributed by atoms with van der Waals surface area (Å²) in [4.78, 5) is 11.7. The maximum Gasteiger partial charge on any atom is 0.159 e. The second-order valence-electron chi connectivity index (χ2n) is 4.71. The second kappa shape index (κ2) is 3.65. The van der Waals surface area contributed by atoms with E-state index >= 15 is 0 Å². The van der Waals surface area contributed by atoms with Crippen molar-refractivity contribution in [2.45, 2.75) is 44.3 Å². The summed E-state index contributed by atoms with van der Waals surface area (Å²) in [7, 11) is -3.28. The molecule has 1 aliphatic carbocycles. The van der Waals surface area contributed by atoms with Gasteiger partial charge in [-0.1, -0.05) is 19.3 Å². The summed E-state index contributed by atoms with van der Waals surface area (Å²) in [6.07, 6.45) is 4.89. The third-order valence-corrected chi connectivity index (χ3v) is 5.38. The molecule has 4 heteroatoms. The molecule has 82 valence electrons. The van der Waals surface area contributed by atoms with Crippen LogP contribution < -0.4 is 0 Å². The summed E-state index contributed by atoms with van der Waals surface area (Å²) >= 11 is 0. The molecule has 14 heavy (non-hydrogen) atoms. The molecule has 1 fully saturated rings. The maximum absolute atomic E-state index is 11.7. The first-order chi connectivity index (χ1) is 6.25. The Kier molecular flexibility index (Phi) is 3.04. The third-order valence-electron chi connectivity index (χ3n) is 3.30. The van der Waals surface area contributed by atoms with E-state index in [1.54, 1.807) is 0 Å². The molecule has 0 amide bonds. The fourth-order valence-electron chi connectivity index (χ4n) is 1.41. The highest BCUT2D eigenvalue weighted by Crippen LogP contribution is 2.32. The minimum absolute atomic E-state index is 0.135. The molecule has 0 unspecified atom stereocenters. The molecule has 0 heterocycles. The molecule has 0 N–H and O–H groups in total. The van der Waals surface area contributed by atoms with Gasteiger partial charge in [-0.05, 0) is 19.8 Å². The monoisotopic (exact) mass is 218 g/mol. The van der Waals surface area contributed by atoms with Crippen LogP contribution in [-0.4, -0.2) is 25.2 Å². The van der Waals surface area contributed by atoms with Crippen LogP contribution in [0.15, 0.2) is 0 Å². The topological polar surface area (TPSA) is 51.2 Å². The van der Waals surface area contributed by atoms with E-state index in [-0.39, 0.29) is 5.78 Å². The summed E-state index contributed by atoms with van der Waals surface area (Å²) in [5, 5.41) is 0. The largest absolute Gasteiger partial charge is 0.298 e. The predicted octanol–water partition coefficient (Wildman–Crippen LogP) is 1.57. The Bertz CT molecular complexity index is 323. The molecule has 0 aromatic carbocycles. The fraction of sp³-hybridized carbons (Fsp3) is 0.900. The second-order valence-corrected chi connectivity index (χ2v) is 7.27. The van der Waals surface area contributed by atoms with E-state index < -0.39 is 14.6 Å². The van der Waals surface area contributed by atoms with Gasteiger partial charge in [0.25, 0.3) is 0 Å². The van der Waals surface area contributed by atoms with Gasteiger partial charge in [0.2, 0.25) is 0 Å². The highest BCUT2D eigenvalue weighted by molar-refractivity contribution is 7.92. The standard InChI is InChI=1S/C10H18O3S/c1-10(2,14(3,12)13)9(11)7-8-5-4-6-8/h8H,4-7H2,1-3H3. The van der Waals surface area contributed by atoms with E-state index in [1.807, 2.05) is 0 Å². The van der Waals surface area contributed by atoms with Crippen LogP contribution in [0.25, 0.3) is 0 Å². The maximum atomic E-state index is 11.7. The molecule has 1 saturated carbocycles. The Hall–Kier alpha value is -0.380. The van der Waals surface area contributed by atoms with Gasteiger partial charge in [-0.2, -0.15) is 0 Å². The Balaban J connectivity index is 2.67. The zero-order valence-corrected chi connectivity index (χ0v) is 9.86. The Morgan fingerprint density at radius 2 is 1.86 bits per heavy atom. The number of hydrogen-bond donors (Lipinski definition) is 0. The minimum atomic E-state index is -3.28. The van der Waals surface area contributed by atoms with Crippen LogP contribution in [0.3, 0.4) is 0 Å². The summed E-state index contributed by atoms with van der Waals surface area (Å²) in [5.74, 6) is 0.299. The Morgan fingerprint density at radius 3 is 2.14 bits per heavy atom. The highest BCUT2D eigenvalue weighted by Gasteiger charge is 2.39. The van der Waals surface area contributed by atoms with E-state index in [9.17, 15) is 13.2 Å². The molecule has 0 spiro atoms. The molecular weight excluding hydrogens is 200 g/mol. The number of carbonyl (C=O) groups is 1. The van der Waals surface area contributed by atoms with Crippen LogP contribution >= 0.6 is 0 Å². The molecule has 0 radical (unpaired) electrons. The Morgan fingerprint density at radius 1 is 1.36 bits per heavy atom. The summed E-state index contributed by atoms with van der Waals surface area (Å²) < 4.78 is 21.5. The normalized spacial score (nSPS) is 19.1. The average Bonchev–Trinajstić information content (AvgIpc) is 1.93. The minimum Gasteiger partial charge on any atom is -0.298 e. The highest BCUT2D eigenvalue weighted by atomic mass is 32.2. The van der Waals surface area contributed by atoms with Crippen LogP contribution in [0, 0.1) is 5.92 Å². The lowest BCUT2D eigenvalue weighted by molar-refractivity contribution is -0.122. The van der Waals surface area contributed by atoms with E-state index in [1.165, 1.54) is 20.3 Å². The van der Waals surface area contributed by atoms with E-state index in [4.69, 9.17) is 0 Å². The van der Waals surface area contributed by atoms with Gasteiger partial charge in [-0.3, -0.25) is 4.79 Å². The third kappa shape index (κ3) is 2.16. The fourth-order valence-corrected chi connectivity index (χ4v) is 1.91. The number of rotatable bonds is 4. The van der Waals surface area contributed by atoms with Crippen molar-refractivity contribution in [1.82, 2.24) is 0 Å². The molecule has 1 aliphatic rings. The quantitative estimate of drug-likeness (QED) is 0.719. The first-order valence-corrected chi connectivity index (χ1v) is 6.87. The number of hydrogen-bond acceptors (Lipinski definition) is 3. The first-order valence-electron chi connectivity index (χ1n) is 4.98. The average molecular weight is 218 g/mol. The van der Waals surface area contributed by atoms with E-state index in [0.717, 1.165) is 19.1 Å². The molecule has 1 rings (SSSR count). The molecule has 0 aliphatic heterocycles. The van der Waals surface area contributed by atoms with Crippen molar-refractivity contribution in [3.8, 4) is 0 Å². The van der Waals surface area contributed by atoms with Crippen LogP contribution in [0.2, 0.25) is 0 Å². The van der Waals surface area contributed by atoms with Gasteiger partial charge in [-0.15, -0.1) is 0 Å². The first kappa shape index (κ1) is 11.7. The van der Waals surface area contributed by atoms with Gasteiger partial charge in [0.15, 0.2) is 15.6 Å². The van der Waals surface area contributed by atoms with Crippen molar-refractivity contribution in [1.29, 1.82) is 0 Å². The van der Waals surface area contributed by atoms with Crippen LogP contribution in [0.4, 0.5) is 0 Å². The van der Waals surface area contributed by atoms with Crippen molar-refractivity contribution in [2.75, 3.05) is 6.26 Å². The van der Waals surface area contributed by atoms with Gasteiger partial charge in [0.1, 0.15) is 4.75 Å². The molecule has 0 aromatic heterocycles. The van der Waals surface area contributed by atoms with Crippen LogP contribution in [0.1, 0.15) is 39.5 Å². The molecule has 0 aromatic rings. The Labute approximate surface area is 85.8 Å². The number of ketones is 1. The van der Waals surface area contributed by atoms with Crippen molar-refractivity contribution in [3.05, 3.63) is 0 Å². The lowest BCUT2D eigenvalue weighted by Crippen LogP contribution is -2.41. The van der Waals surface area contributed by atoms with Crippen molar-refractivity contribution in [3.63, 3.8) is 0 Å². The van der Waals surface area contributed by atoms with Gasteiger partial charge in [-0.25, -0.2) is 8.42 Å². The number of Topliss-reactive ketones (excluding diaryl/α,β-unsaturated/α-hetero) is 1. The van der Waals surface area contributed by atoms with Gasteiger partial charge in [0, 0.05) is 12.7 Å². The lowest BCUT2D eigenvalue weighted by Gasteiger charge is -2.28. The van der Waals surface area contributed by atoms with Gasteiger partial charge < -0.3 is 0 Å². The van der Waals surface area contributed by atoms with Crippen molar-refractivity contribution in [2.24, 2.45) is 5.92 Å². The molecular formula is C10H18O3S. The van der Waals surface area contributed by atoms with Gasteiger partial charge >= 0.3 is 0 Å². The molecule has 3 nitrogen and oxygen atoms in total. The lowest BCUT2D eigenvalue weighted by atomic mass is 9.80. The summed E-state index contributed by atoms with van der Waals surface area (Å²) in [6, 6.07) is 0. The SMILES string of the molecule is CC(C)(C(=O)CC1CCC1)S(C)(=O)=O. The molecule has 0 saturated heterocycles. The van der Waals surface area contributed by atoms with Crippen molar-refractivity contribution < 1.29 is 13.2 Å². The van der Waals surface area contributed by atoms with E-state index in [0.29, 0.717) is 12.3 Å². The molecule has 0 bridgehead atoms.